The topological polar surface area (TPSA) is 102 Å². The number of pyridine rings is 1. The zero-order chi connectivity index (χ0) is 17.7. The van der Waals surface area contributed by atoms with E-state index in [9.17, 15) is 4.79 Å². The Morgan fingerprint density at radius 1 is 1.42 bits per heavy atom. The molecule has 0 unspecified atom stereocenters. The summed E-state index contributed by atoms with van der Waals surface area (Å²) in [6.45, 7) is 5.70. The van der Waals surface area contributed by atoms with E-state index in [0.717, 1.165) is 31.7 Å². The molecule has 1 aliphatic heterocycles. The van der Waals surface area contributed by atoms with Gasteiger partial charge in [-0.1, -0.05) is 0 Å². The first kappa shape index (κ1) is 18.2. The van der Waals surface area contributed by atoms with Crippen molar-refractivity contribution >= 4 is 17.6 Å². The van der Waals surface area contributed by atoms with Gasteiger partial charge in [-0.2, -0.15) is 0 Å². The molecule has 2 rings (SSSR count). The van der Waals surface area contributed by atoms with E-state index in [0.29, 0.717) is 12.2 Å². The van der Waals surface area contributed by atoms with Gasteiger partial charge in [0.25, 0.3) is 0 Å². The molecule has 3 N–H and O–H groups in total. The van der Waals surface area contributed by atoms with Gasteiger partial charge < -0.3 is 20.1 Å². The summed E-state index contributed by atoms with van der Waals surface area (Å²) in [6.07, 6.45) is 3.53. The third kappa shape index (κ3) is 4.44. The number of rotatable bonds is 6. The van der Waals surface area contributed by atoms with Gasteiger partial charge in [-0.25, -0.2) is 4.98 Å². The Morgan fingerprint density at radius 2 is 2.08 bits per heavy atom. The highest BCUT2D eigenvalue weighted by Crippen LogP contribution is 2.23. The summed E-state index contributed by atoms with van der Waals surface area (Å²) in [5, 5.41) is 7.39. The number of anilines is 1. The maximum atomic E-state index is 11.7. The van der Waals surface area contributed by atoms with Crippen LogP contribution < -0.4 is 10.6 Å². The summed E-state index contributed by atoms with van der Waals surface area (Å²) >= 11 is 0. The minimum absolute atomic E-state index is 0.0226. The second-order valence-corrected chi connectivity index (χ2v) is 6.69. The van der Waals surface area contributed by atoms with E-state index in [-0.39, 0.29) is 17.9 Å². The molecular formula is C17H26N4O3. The number of aromatic nitrogens is 1. The van der Waals surface area contributed by atoms with E-state index in [4.69, 9.17) is 20.6 Å². The maximum absolute atomic E-state index is 11.7. The lowest BCUT2D eigenvalue weighted by atomic mass is 9.95. The Labute approximate surface area is 142 Å². The number of carbonyl (C=O) groups excluding carboxylic acids is 1. The second-order valence-electron chi connectivity index (χ2n) is 6.69. The molecule has 1 aromatic rings. The van der Waals surface area contributed by atoms with Gasteiger partial charge in [-0.05, 0) is 38.8 Å². The Kier molecular flexibility index (Phi) is 5.77. The maximum Gasteiger partial charge on any atom is 0.313 e. The molecule has 0 spiro atoms. The molecule has 0 aliphatic carbocycles. The molecule has 0 amide bonds. The molecule has 132 valence electrons. The fraction of sp³-hybridized carbons (Fsp3) is 0.588. The van der Waals surface area contributed by atoms with Gasteiger partial charge in [0, 0.05) is 24.8 Å². The standard InChI is InChI=1S/C17H26N4O3/c1-17(2,16(22)23-3)11-24-13-6-8-21(9-7-13)14-5-4-12(10-20-14)15(18)19/h4-5,10,13H,6-9,11H2,1-3H3,(H3,18,19). The van der Waals surface area contributed by atoms with Crippen LogP contribution in [0.3, 0.4) is 0 Å². The normalized spacial score (nSPS) is 16.0. The zero-order valence-corrected chi connectivity index (χ0v) is 14.5. The van der Waals surface area contributed by atoms with Crippen molar-refractivity contribution in [2.24, 2.45) is 11.1 Å². The zero-order valence-electron chi connectivity index (χ0n) is 14.5. The van der Waals surface area contributed by atoms with E-state index >= 15 is 0 Å². The average molecular weight is 334 g/mol. The van der Waals surface area contributed by atoms with Crippen molar-refractivity contribution in [1.82, 2.24) is 4.98 Å². The number of nitrogens with two attached hydrogens (primary N) is 1. The van der Waals surface area contributed by atoms with Crippen molar-refractivity contribution in [3.63, 3.8) is 0 Å². The van der Waals surface area contributed by atoms with Crippen LogP contribution in [0.1, 0.15) is 32.3 Å². The monoisotopic (exact) mass is 334 g/mol. The molecule has 1 aromatic heterocycles. The van der Waals surface area contributed by atoms with Crippen LogP contribution in [0.2, 0.25) is 0 Å². The molecular weight excluding hydrogens is 308 g/mol. The SMILES string of the molecule is COC(=O)C(C)(C)COC1CCN(c2ccc(C(=N)N)cn2)CC1. The van der Waals surface area contributed by atoms with Gasteiger partial charge in [-0.15, -0.1) is 0 Å². The van der Waals surface area contributed by atoms with Gasteiger partial charge in [0.2, 0.25) is 0 Å². The predicted octanol–water partition coefficient (Wildman–Crippen LogP) is 1.55. The van der Waals surface area contributed by atoms with Gasteiger partial charge in [0.15, 0.2) is 0 Å². The fourth-order valence-electron chi connectivity index (χ4n) is 2.65. The molecule has 7 nitrogen and oxygen atoms in total. The number of methoxy groups -OCH3 is 1. The Balaban J connectivity index is 1.83. The minimum atomic E-state index is -0.629. The van der Waals surface area contributed by atoms with Crippen LogP contribution >= 0.6 is 0 Å². The Hall–Kier alpha value is -2.15. The van der Waals surface area contributed by atoms with Crippen molar-refractivity contribution in [3.05, 3.63) is 23.9 Å². The Bertz CT molecular complexity index is 578. The number of amidine groups is 1. The van der Waals surface area contributed by atoms with Crippen LogP contribution in [0, 0.1) is 10.8 Å². The van der Waals surface area contributed by atoms with E-state index < -0.39 is 5.41 Å². The number of nitrogens with zero attached hydrogens (tertiary/aromatic N) is 2. The van der Waals surface area contributed by atoms with E-state index in [1.54, 1.807) is 6.20 Å². The first-order valence-corrected chi connectivity index (χ1v) is 8.09. The third-order valence-corrected chi connectivity index (χ3v) is 4.24. The summed E-state index contributed by atoms with van der Waals surface area (Å²) in [5.74, 6) is 0.650. The highest BCUT2D eigenvalue weighted by molar-refractivity contribution is 5.94. The molecule has 0 bridgehead atoms. The molecule has 0 saturated carbocycles. The lowest BCUT2D eigenvalue weighted by Crippen LogP contribution is -2.40. The molecule has 1 aliphatic rings. The van der Waals surface area contributed by atoms with Crippen molar-refractivity contribution in [2.75, 3.05) is 31.7 Å². The van der Waals surface area contributed by atoms with E-state index in [2.05, 4.69) is 9.88 Å². The van der Waals surface area contributed by atoms with Gasteiger partial charge >= 0.3 is 5.97 Å². The number of carbonyl (C=O) groups is 1. The highest BCUT2D eigenvalue weighted by atomic mass is 16.5. The van der Waals surface area contributed by atoms with Gasteiger partial charge in [0.05, 0.1) is 25.2 Å². The lowest BCUT2D eigenvalue weighted by molar-refractivity contribution is -0.155. The number of hydrogen-bond acceptors (Lipinski definition) is 6. The van der Waals surface area contributed by atoms with Crippen LogP contribution in [0.15, 0.2) is 18.3 Å². The summed E-state index contributed by atoms with van der Waals surface area (Å²) in [4.78, 5) is 18.2. The second kappa shape index (κ2) is 7.61. The number of piperidine rings is 1. The Morgan fingerprint density at radius 3 is 2.58 bits per heavy atom. The molecule has 1 fully saturated rings. The van der Waals surface area contributed by atoms with Crippen molar-refractivity contribution in [1.29, 1.82) is 5.41 Å². The van der Waals surface area contributed by atoms with Crippen LogP contribution in [-0.4, -0.2) is 49.7 Å². The average Bonchev–Trinajstić information content (AvgIpc) is 2.59. The van der Waals surface area contributed by atoms with Crippen LogP contribution in [0.5, 0.6) is 0 Å². The molecule has 7 heteroatoms. The molecule has 0 radical (unpaired) electrons. The number of hydrogen-bond donors (Lipinski definition) is 2. The van der Waals surface area contributed by atoms with Crippen LogP contribution in [0.25, 0.3) is 0 Å². The first-order valence-electron chi connectivity index (χ1n) is 8.09. The first-order chi connectivity index (χ1) is 11.3. The minimum Gasteiger partial charge on any atom is -0.469 e. The van der Waals surface area contributed by atoms with Crippen molar-refractivity contribution < 1.29 is 14.3 Å². The quantitative estimate of drug-likeness (QED) is 0.465. The van der Waals surface area contributed by atoms with Crippen molar-refractivity contribution in [2.45, 2.75) is 32.8 Å². The van der Waals surface area contributed by atoms with Crippen LogP contribution in [0.4, 0.5) is 5.82 Å². The highest BCUT2D eigenvalue weighted by Gasteiger charge is 2.31. The van der Waals surface area contributed by atoms with E-state index in [1.165, 1.54) is 7.11 Å². The summed E-state index contributed by atoms with van der Waals surface area (Å²) < 4.78 is 10.7. The summed E-state index contributed by atoms with van der Waals surface area (Å²) in [6, 6.07) is 3.70. The number of ether oxygens (including phenoxy) is 2. The van der Waals surface area contributed by atoms with Gasteiger partial charge in [0.1, 0.15) is 11.7 Å². The molecule has 0 aromatic carbocycles. The number of nitrogen functional groups attached to an aromatic ring is 1. The van der Waals surface area contributed by atoms with Gasteiger partial charge in [-0.3, -0.25) is 10.2 Å². The molecule has 24 heavy (non-hydrogen) atoms. The fourth-order valence-corrected chi connectivity index (χ4v) is 2.65. The molecule has 0 atom stereocenters. The van der Waals surface area contributed by atoms with Crippen LogP contribution in [-0.2, 0) is 14.3 Å². The smallest absolute Gasteiger partial charge is 0.313 e. The largest absolute Gasteiger partial charge is 0.469 e. The summed E-state index contributed by atoms with van der Waals surface area (Å²) in [7, 11) is 1.40. The number of nitrogens with one attached hydrogen (secondary N) is 1. The number of esters is 1. The van der Waals surface area contributed by atoms with Crippen molar-refractivity contribution in [3.8, 4) is 0 Å². The molecule has 1 saturated heterocycles. The van der Waals surface area contributed by atoms with E-state index in [1.807, 2.05) is 26.0 Å². The molecule has 2 heterocycles. The predicted molar refractivity (Wildman–Crippen MR) is 92.2 cm³/mol. The lowest BCUT2D eigenvalue weighted by Gasteiger charge is -2.34. The summed E-state index contributed by atoms with van der Waals surface area (Å²) in [5.41, 5.74) is 5.44. The third-order valence-electron chi connectivity index (χ3n) is 4.24.